The zero-order valence-electron chi connectivity index (χ0n) is 16.7. The van der Waals surface area contributed by atoms with E-state index in [0.29, 0.717) is 25.0 Å². The zero-order valence-corrected chi connectivity index (χ0v) is 16.7. The van der Waals surface area contributed by atoms with Crippen LogP contribution in [0.5, 0.6) is 0 Å². The molecule has 0 spiro atoms. The van der Waals surface area contributed by atoms with Crippen LogP contribution in [0.15, 0.2) is 47.3 Å². The van der Waals surface area contributed by atoms with Gasteiger partial charge in [0.1, 0.15) is 5.76 Å². The molecule has 0 amide bonds. The van der Waals surface area contributed by atoms with Gasteiger partial charge in [0.2, 0.25) is 0 Å². The molecule has 5 heteroatoms. The van der Waals surface area contributed by atoms with E-state index in [4.69, 9.17) is 14.2 Å². The molecule has 0 aliphatic heterocycles. The molecule has 0 saturated heterocycles. The van der Waals surface area contributed by atoms with E-state index < -0.39 is 17.9 Å². The van der Waals surface area contributed by atoms with Crippen LogP contribution in [0.1, 0.15) is 51.2 Å². The average molecular weight is 380 g/mol. The number of benzene rings is 1. The van der Waals surface area contributed by atoms with Gasteiger partial charge in [-0.1, -0.05) is 44.5 Å². The van der Waals surface area contributed by atoms with Crippen molar-refractivity contribution < 1.29 is 23.0 Å². The molecule has 0 fully saturated rings. The monoisotopic (exact) mass is 380 g/mol. The van der Waals surface area contributed by atoms with Crippen LogP contribution in [0.4, 0.5) is 8.78 Å². The maximum absolute atomic E-state index is 14.2. The van der Waals surface area contributed by atoms with Crippen molar-refractivity contribution in [2.24, 2.45) is 5.92 Å². The standard InChI is InChI=1S/C22H30F2O3/c1-5-6-17-7-9-18(10-8-17)14-27-16(3)26-13-15(2)19-11-12-20(25-4)22(24)21(19)23/h7-10,15-16H,5-6,11-14H2,1-4H3. The van der Waals surface area contributed by atoms with E-state index in [1.165, 1.54) is 12.7 Å². The van der Waals surface area contributed by atoms with Gasteiger partial charge < -0.3 is 14.2 Å². The molecule has 3 nitrogen and oxygen atoms in total. The SMILES string of the molecule is CCCc1ccc(COC(C)OCC(C)C2=C(F)C(F)=C(OC)CC2)cc1. The largest absolute Gasteiger partial charge is 0.498 e. The second kappa shape index (κ2) is 10.6. The molecule has 1 aromatic carbocycles. The van der Waals surface area contributed by atoms with Crippen LogP contribution in [-0.4, -0.2) is 20.0 Å². The van der Waals surface area contributed by atoms with E-state index in [2.05, 4.69) is 31.2 Å². The quantitative estimate of drug-likeness (QED) is 0.466. The second-order valence-corrected chi connectivity index (χ2v) is 6.96. The van der Waals surface area contributed by atoms with Crippen molar-refractivity contribution in [3.8, 4) is 0 Å². The molecule has 150 valence electrons. The Labute approximate surface area is 161 Å². The zero-order chi connectivity index (χ0) is 19.8. The fraction of sp³-hybridized carbons (Fsp3) is 0.545. The third-order valence-corrected chi connectivity index (χ3v) is 4.81. The van der Waals surface area contributed by atoms with Gasteiger partial charge in [0, 0.05) is 12.3 Å². The Balaban J connectivity index is 1.80. The Morgan fingerprint density at radius 1 is 0.963 bits per heavy atom. The fourth-order valence-corrected chi connectivity index (χ4v) is 3.12. The van der Waals surface area contributed by atoms with Crippen LogP contribution >= 0.6 is 0 Å². The summed E-state index contributed by atoms with van der Waals surface area (Å²) in [6, 6.07) is 8.35. The first-order valence-electron chi connectivity index (χ1n) is 9.58. The minimum atomic E-state index is -0.888. The van der Waals surface area contributed by atoms with Gasteiger partial charge in [-0.15, -0.1) is 0 Å². The minimum absolute atomic E-state index is 0.0750. The van der Waals surface area contributed by atoms with Gasteiger partial charge in [-0.05, 0) is 36.5 Å². The Morgan fingerprint density at radius 3 is 2.26 bits per heavy atom. The van der Waals surface area contributed by atoms with Crippen molar-refractivity contribution in [2.75, 3.05) is 13.7 Å². The van der Waals surface area contributed by atoms with Crippen molar-refractivity contribution in [3.05, 3.63) is 58.4 Å². The number of rotatable bonds is 10. The Hall–Kier alpha value is -1.72. The second-order valence-electron chi connectivity index (χ2n) is 6.96. The van der Waals surface area contributed by atoms with E-state index >= 15 is 0 Å². The number of allylic oxidation sites excluding steroid dienone is 3. The molecule has 27 heavy (non-hydrogen) atoms. The van der Waals surface area contributed by atoms with Gasteiger partial charge in [0.25, 0.3) is 0 Å². The average Bonchev–Trinajstić information content (AvgIpc) is 2.68. The molecule has 0 heterocycles. The van der Waals surface area contributed by atoms with Crippen LogP contribution in [0.3, 0.4) is 0 Å². The van der Waals surface area contributed by atoms with E-state index in [0.717, 1.165) is 18.4 Å². The lowest BCUT2D eigenvalue weighted by molar-refractivity contribution is -0.142. The highest BCUT2D eigenvalue weighted by Gasteiger charge is 2.26. The molecule has 2 unspecified atom stereocenters. The van der Waals surface area contributed by atoms with Crippen LogP contribution in [-0.2, 0) is 27.2 Å². The first kappa shape index (κ1) is 21.6. The lowest BCUT2D eigenvalue weighted by Gasteiger charge is -2.23. The highest BCUT2D eigenvalue weighted by molar-refractivity contribution is 5.33. The summed E-state index contributed by atoms with van der Waals surface area (Å²) in [7, 11) is 1.36. The summed E-state index contributed by atoms with van der Waals surface area (Å²) in [4.78, 5) is 0. The van der Waals surface area contributed by atoms with E-state index in [9.17, 15) is 8.78 Å². The Bertz CT molecular complexity index is 665. The number of ether oxygens (including phenoxy) is 3. The first-order valence-corrected chi connectivity index (χ1v) is 9.58. The summed E-state index contributed by atoms with van der Waals surface area (Å²) >= 11 is 0. The number of aryl methyl sites for hydroxylation is 1. The normalized spacial score (nSPS) is 17.3. The van der Waals surface area contributed by atoms with Crippen LogP contribution < -0.4 is 0 Å². The molecule has 0 radical (unpaired) electrons. The summed E-state index contributed by atoms with van der Waals surface area (Å²) in [5, 5.41) is 0. The highest BCUT2D eigenvalue weighted by atomic mass is 19.2. The van der Waals surface area contributed by atoms with Gasteiger partial charge in [0.05, 0.1) is 20.3 Å². The molecule has 0 bridgehead atoms. The van der Waals surface area contributed by atoms with Crippen molar-refractivity contribution in [3.63, 3.8) is 0 Å². The van der Waals surface area contributed by atoms with Crippen molar-refractivity contribution >= 4 is 0 Å². The summed E-state index contributed by atoms with van der Waals surface area (Å²) < 4.78 is 44.4. The number of methoxy groups -OCH3 is 1. The summed E-state index contributed by atoms with van der Waals surface area (Å²) in [6.07, 6.45) is 2.58. The van der Waals surface area contributed by atoms with Crippen LogP contribution in [0.2, 0.25) is 0 Å². The Kier molecular flexibility index (Phi) is 8.45. The minimum Gasteiger partial charge on any atom is -0.498 e. The van der Waals surface area contributed by atoms with Gasteiger partial charge in [-0.25, -0.2) is 8.78 Å². The highest BCUT2D eigenvalue weighted by Crippen LogP contribution is 2.36. The molecule has 0 aromatic heterocycles. The molecule has 1 aromatic rings. The van der Waals surface area contributed by atoms with Gasteiger partial charge in [0.15, 0.2) is 17.9 Å². The number of hydrogen-bond donors (Lipinski definition) is 0. The molecule has 1 aliphatic rings. The van der Waals surface area contributed by atoms with E-state index in [1.807, 2.05) is 13.8 Å². The fourth-order valence-electron chi connectivity index (χ4n) is 3.12. The van der Waals surface area contributed by atoms with Gasteiger partial charge >= 0.3 is 0 Å². The summed E-state index contributed by atoms with van der Waals surface area (Å²) in [5.41, 5.74) is 2.84. The van der Waals surface area contributed by atoms with Gasteiger partial charge in [-0.2, -0.15) is 0 Å². The molecular formula is C22H30F2O3. The van der Waals surface area contributed by atoms with Crippen molar-refractivity contribution in [1.82, 2.24) is 0 Å². The molecule has 0 N–H and O–H groups in total. The number of halogens is 2. The lowest BCUT2D eigenvalue weighted by atomic mass is 9.92. The smallest absolute Gasteiger partial charge is 0.196 e. The first-order chi connectivity index (χ1) is 13.0. The molecule has 2 rings (SSSR count). The predicted octanol–water partition coefficient (Wildman–Crippen LogP) is 6.00. The van der Waals surface area contributed by atoms with Gasteiger partial charge in [-0.3, -0.25) is 0 Å². The predicted molar refractivity (Wildman–Crippen MR) is 102 cm³/mol. The Morgan fingerprint density at radius 2 is 1.63 bits per heavy atom. The molecule has 0 saturated carbocycles. The molecular weight excluding hydrogens is 350 g/mol. The summed E-state index contributed by atoms with van der Waals surface area (Å²) in [6.45, 7) is 6.53. The van der Waals surface area contributed by atoms with Crippen molar-refractivity contribution in [2.45, 2.75) is 59.4 Å². The third kappa shape index (κ3) is 6.15. The lowest BCUT2D eigenvalue weighted by Crippen LogP contribution is -2.20. The molecule has 1 aliphatic carbocycles. The summed E-state index contributed by atoms with van der Waals surface area (Å²) in [5.74, 6) is -1.85. The number of hydrogen-bond acceptors (Lipinski definition) is 3. The maximum Gasteiger partial charge on any atom is 0.196 e. The van der Waals surface area contributed by atoms with E-state index in [-0.39, 0.29) is 18.3 Å². The van der Waals surface area contributed by atoms with Crippen molar-refractivity contribution in [1.29, 1.82) is 0 Å². The van der Waals surface area contributed by atoms with Crippen LogP contribution in [0.25, 0.3) is 0 Å². The third-order valence-electron chi connectivity index (χ3n) is 4.81. The maximum atomic E-state index is 14.2. The topological polar surface area (TPSA) is 27.7 Å². The molecule has 2 atom stereocenters. The van der Waals surface area contributed by atoms with Crippen LogP contribution in [0, 0.1) is 5.92 Å². The van der Waals surface area contributed by atoms with E-state index in [1.54, 1.807) is 0 Å².